The summed E-state index contributed by atoms with van der Waals surface area (Å²) in [6.07, 6.45) is -4.25. The van der Waals surface area contributed by atoms with Gasteiger partial charge in [-0.25, -0.2) is 0 Å². The molecule has 0 heterocycles. The quantitative estimate of drug-likeness (QED) is 0.239. The highest BCUT2D eigenvalue weighted by Crippen LogP contribution is 2.37. The van der Waals surface area contributed by atoms with Gasteiger partial charge in [-0.1, -0.05) is 66.7 Å². The van der Waals surface area contributed by atoms with Gasteiger partial charge >= 0.3 is 6.18 Å². The average Bonchev–Trinajstić information content (AvgIpc) is 2.89. The van der Waals surface area contributed by atoms with Crippen molar-refractivity contribution in [1.82, 2.24) is 0 Å². The van der Waals surface area contributed by atoms with E-state index >= 15 is 0 Å². The van der Waals surface area contributed by atoms with Crippen molar-refractivity contribution >= 4 is 35.0 Å². The third-order valence-corrected chi connectivity index (χ3v) is 6.66. The zero-order chi connectivity index (χ0) is 26.3. The summed E-state index contributed by atoms with van der Waals surface area (Å²) >= 11 is 1.26. The van der Waals surface area contributed by atoms with Gasteiger partial charge in [0.05, 0.1) is 12.0 Å². The van der Waals surface area contributed by atoms with Crippen molar-refractivity contribution in [2.24, 2.45) is 0 Å². The first-order valence-corrected chi connectivity index (χ1v) is 12.3. The van der Waals surface area contributed by atoms with Gasteiger partial charge in [0, 0.05) is 16.3 Å². The van der Waals surface area contributed by atoms with E-state index in [1.54, 1.807) is 48.5 Å². The number of carbonyl (C=O) groups excluding carboxylic acids is 2. The highest BCUT2D eigenvalue weighted by Gasteiger charge is 2.31. The zero-order valence-corrected chi connectivity index (χ0v) is 20.4. The summed E-state index contributed by atoms with van der Waals surface area (Å²) < 4.78 is 39.3. The van der Waals surface area contributed by atoms with Crippen LogP contribution in [0.2, 0.25) is 0 Å². The molecule has 1 atom stereocenters. The van der Waals surface area contributed by atoms with Crippen molar-refractivity contribution in [2.45, 2.75) is 22.7 Å². The lowest BCUT2D eigenvalue weighted by Crippen LogP contribution is -2.19. The van der Waals surface area contributed by atoms with Crippen LogP contribution in [0.15, 0.2) is 114 Å². The number of alkyl halides is 3. The first-order chi connectivity index (χ1) is 17.8. The second-order valence-electron chi connectivity index (χ2n) is 8.21. The van der Waals surface area contributed by atoms with Gasteiger partial charge in [-0.05, 0) is 53.6 Å². The van der Waals surface area contributed by atoms with Gasteiger partial charge in [0.2, 0.25) is 11.8 Å². The molecular formula is C29H23F3N2O2S. The standard InChI is InChI=1S/C29H23F3N2O2S/c30-29(31,32)22-12-7-13-24(19-22)34-28(36)27(21-10-5-2-6-11-21)37-25-16-14-23(15-17-25)33-26(35)18-20-8-3-1-4-9-20/h1-17,19,27H,18H2,(H,33,35)(H,34,36). The Morgan fingerprint density at radius 1 is 0.730 bits per heavy atom. The Labute approximate surface area is 216 Å². The van der Waals surface area contributed by atoms with E-state index in [2.05, 4.69) is 10.6 Å². The summed E-state index contributed by atoms with van der Waals surface area (Å²) in [6.45, 7) is 0. The van der Waals surface area contributed by atoms with Gasteiger partial charge < -0.3 is 10.6 Å². The van der Waals surface area contributed by atoms with Gasteiger partial charge in [0.15, 0.2) is 0 Å². The fraction of sp³-hybridized carbons (Fsp3) is 0.103. The molecule has 4 nitrogen and oxygen atoms in total. The molecule has 0 saturated carbocycles. The number of halogens is 3. The number of hydrogen-bond donors (Lipinski definition) is 2. The fourth-order valence-electron chi connectivity index (χ4n) is 3.62. The van der Waals surface area contributed by atoms with Crippen LogP contribution in [0.3, 0.4) is 0 Å². The lowest BCUT2D eigenvalue weighted by Gasteiger charge is -2.18. The molecule has 4 rings (SSSR count). The molecular weight excluding hydrogens is 497 g/mol. The van der Waals surface area contributed by atoms with E-state index in [0.717, 1.165) is 22.6 Å². The van der Waals surface area contributed by atoms with Crippen molar-refractivity contribution in [3.8, 4) is 0 Å². The minimum atomic E-state index is -4.51. The lowest BCUT2D eigenvalue weighted by atomic mass is 10.1. The predicted molar refractivity (Wildman–Crippen MR) is 140 cm³/mol. The first-order valence-electron chi connectivity index (χ1n) is 11.4. The van der Waals surface area contributed by atoms with Crippen LogP contribution < -0.4 is 10.6 Å². The number of benzene rings is 4. The monoisotopic (exact) mass is 520 g/mol. The zero-order valence-electron chi connectivity index (χ0n) is 19.5. The molecule has 0 radical (unpaired) electrons. The maximum absolute atomic E-state index is 13.2. The van der Waals surface area contributed by atoms with Crippen molar-refractivity contribution in [3.63, 3.8) is 0 Å². The second-order valence-corrected chi connectivity index (χ2v) is 9.39. The Morgan fingerprint density at radius 3 is 2.03 bits per heavy atom. The Balaban J connectivity index is 1.46. The molecule has 0 aliphatic carbocycles. The lowest BCUT2D eigenvalue weighted by molar-refractivity contribution is -0.137. The van der Waals surface area contributed by atoms with Gasteiger partial charge in [-0.3, -0.25) is 9.59 Å². The van der Waals surface area contributed by atoms with Crippen molar-refractivity contribution < 1.29 is 22.8 Å². The number of nitrogens with one attached hydrogen (secondary N) is 2. The second kappa shape index (κ2) is 11.8. The minimum Gasteiger partial charge on any atom is -0.326 e. The van der Waals surface area contributed by atoms with Crippen LogP contribution in [0.1, 0.15) is 21.9 Å². The molecule has 0 aliphatic rings. The summed E-state index contributed by atoms with van der Waals surface area (Å²) in [5.74, 6) is -0.593. The highest BCUT2D eigenvalue weighted by atomic mass is 32.2. The van der Waals surface area contributed by atoms with E-state index in [4.69, 9.17) is 0 Å². The van der Waals surface area contributed by atoms with Crippen molar-refractivity contribution in [2.75, 3.05) is 10.6 Å². The number of rotatable bonds is 8. The average molecular weight is 521 g/mol. The SMILES string of the molecule is O=C(Cc1ccccc1)Nc1ccc(SC(C(=O)Nc2cccc(C(F)(F)F)c2)c2ccccc2)cc1. The van der Waals surface area contributed by atoms with Crippen LogP contribution in [0.5, 0.6) is 0 Å². The molecule has 0 aliphatic heterocycles. The molecule has 2 amide bonds. The number of hydrogen-bond acceptors (Lipinski definition) is 3. The minimum absolute atomic E-state index is 0.0674. The molecule has 0 saturated heterocycles. The molecule has 0 aromatic heterocycles. The number of amides is 2. The van der Waals surface area contributed by atoms with Crippen LogP contribution in [0.4, 0.5) is 24.5 Å². The Kier molecular flexibility index (Phi) is 8.30. The Bertz CT molecular complexity index is 1350. The summed E-state index contributed by atoms with van der Waals surface area (Å²) in [6, 6.07) is 30.0. The predicted octanol–water partition coefficient (Wildman–Crippen LogP) is 7.36. The molecule has 0 fully saturated rings. The topological polar surface area (TPSA) is 58.2 Å². The molecule has 0 spiro atoms. The molecule has 0 bridgehead atoms. The van der Waals surface area contributed by atoms with E-state index in [9.17, 15) is 22.8 Å². The van der Waals surface area contributed by atoms with Gasteiger partial charge in [-0.15, -0.1) is 11.8 Å². The summed E-state index contributed by atoms with van der Waals surface area (Å²) in [4.78, 5) is 26.3. The van der Waals surface area contributed by atoms with Gasteiger partial charge in [0.1, 0.15) is 5.25 Å². The summed E-state index contributed by atoms with van der Waals surface area (Å²) in [7, 11) is 0. The van der Waals surface area contributed by atoms with E-state index in [1.165, 1.54) is 23.9 Å². The third-order valence-electron chi connectivity index (χ3n) is 5.40. The van der Waals surface area contributed by atoms with Crippen LogP contribution in [0, 0.1) is 0 Å². The molecule has 4 aromatic carbocycles. The normalized spacial score (nSPS) is 12.0. The van der Waals surface area contributed by atoms with Crippen LogP contribution in [-0.4, -0.2) is 11.8 Å². The van der Waals surface area contributed by atoms with Crippen molar-refractivity contribution in [1.29, 1.82) is 0 Å². The smallest absolute Gasteiger partial charge is 0.326 e. The van der Waals surface area contributed by atoms with E-state index < -0.39 is 22.9 Å². The summed E-state index contributed by atoms with van der Waals surface area (Å²) in [5.41, 5.74) is 1.47. The molecule has 1 unspecified atom stereocenters. The fourth-order valence-corrected chi connectivity index (χ4v) is 4.65. The maximum Gasteiger partial charge on any atom is 0.416 e. The van der Waals surface area contributed by atoms with Crippen LogP contribution in [-0.2, 0) is 22.2 Å². The first kappa shape index (κ1) is 26.0. The van der Waals surface area contributed by atoms with Crippen LogP contribution in [0.25, 0.3) is 0 Å². The van der Waals surface area contributed by atoms with Crippen LogP contribution >= 0.6 is 11.8 Å². The molecule has 188 valence electrons. The largest absolute Gasteiger partial charge is 0.416 e. The van der Waals surface area contributed by atoms with E-state index in [1.807, 2.05) is 36.4 Å². The number of carbonyl (C=O) groups is 2. The Hall–Kier alpha value is -4.04. The molecule has 4 aromatic rings. The van der Waals surface area contributed by atoms with Crippen molar-refractivity contribution in [3.05, 3.63) is 126 Å². The number of thioether (sulfide) groups is 1. The van der Waals surface area contributed by atoms with E-state index in [-0.39, 0.29) is 18.0 Å². The van der Waals surface area contributed by atoms with Gasteiger partial charge in [0.25, 0.3) is 0 Å². The third kappa shape index (κ3) is 7.47. The molecule has 37 heavy (non-hydrogen) atoms. The Morgan fingerprint density at radius 2 is 1.38 bits per heavy atom. The number of anilines is 2. The van der Waals surface area contributed by atoms with E-state index in [0.29, 0.717) is 11.3 Å². The molecule has 8 heteroatoms. The highest BCUT2D eigenvalue weighted by molar-refractivity contribution is 8.00. The van der Waals surface area contributed by atoms with Gasteiger partial charge in [-0.2, -0.15) is 13.2 Å². The summed E-state index contributed by atoms with van der Waals surface area (Å²) in [5, 5.41) is 4.76. The molecule has 2 N–H and O–H groups in total. The maximum atomic E-state index is 13.2.